The number of carboxylic acid groups (broad SMARTS) is 1. The highest BCUT2D eigenvalue weighted by molar-refractivity contribution is 5.87. The average molecular weight is 417 g/mol. The van der Waals surface area contributed by atoms with E-state index >= 15 is 0 Å². The van der Waals surface area contributed by atoms with Crippen LogP contribution in [0.5, 0.6) is 0 Å². The monoisotopic (exact) mass is 417 g/mol. The highest BCUT2D eigenvalue weighted by atomic mass is 16.6. The Morgan fingerprint density at radius 2 is 2.03 bits per heavy atom. The van der Waals surface area contributed by atoms with Crippen LogP contribution in [0.4, 0.5) is 0 Å². The molecule has 0 aliphatic carbocycles. The van der Waals surface area contributed by atoms with Crippen molar-refractivity contribution in [3.05, 3.63) is 33.1 Å². The molecule has 0 spiro atoms. The Hall–Kier alpha value is -2.62. The molecular weight excluding hydrogens is 394 g/mol. The number of hydrogen-bond acceptors (Lipinski definition) is 10. The molecule has 2 rings (SSSR count). The number of rotatable bonds is 9. The summed E-state index contributed by atoms with van der Waals surface area (Å²) in [6.07, 6.45) is -5.59. The number of aliphatic hydroxyl groups excluding tert-OH is 2. The van der Waals surface area contributed by atoms with Crippen molar-refractivity contribution in [2.45, 2.75) is 36.6 Å². The zero-order chi connectivity index (χ0) is 21.7. The summed E-state index contributed by atoms with van der Waals surface area (Å²) in [5.74, 6) is -2.47. The van der Waals surface area contributed by atoms with Crippen LogP contribution in [-0.2, 0) is 19.1 Å². The van der Waals surface area contributed by atoms with E-state index in [1.165, 1.54) is 0 Å². The maximum absolute atomic E-state index is 12.1. The van der Waals surface area contributed by atoms with Gasteiger partial charge in [0.05, 0.1) is 13.2 Å². The molecule has 0 saturated carbocycles. The predicted octanol–water partition coefficient (Wildman–Crippen LogP) is -4.97. The van der Waals surface area contributed by atoms with Gasteiger partial charge in [-0.25, -0.2) is 9.59 Å². The molecule has 14 nitrogen and oxygen atoms in total. The van der Waals surface area contributed by atoms with Gasteiger partial charge >= 0.3 is 11.7 Å². The van der Waals surface area contributed by atoms with Gasteiger partial charge in [-0.05, 0) is 0 Å². The molecule has 1 fully saturated rings. The zero-order valence-corrected chi connectivity index (χ0v) is 15.1. The maximum Gasteiger partial charge on any atom is 0.330 e. The van der Waals surface area contributed by atoms with Gasteiger partial charge < -0.3 is 41.6 Å². The summed E-state index contributed by atoms with van der Waals surface area (Å²) in [5, 5.41) is 32.0. The van der Waals surface area contributed by atoms with E-state index in [1.54, 1.807) is 0 Å². The number of nitrogens with zero attached hydrogens (tertiary/aromatic N) is 1. The van der Waals surface area contributed by atoms with Crippen LogP contribution >= 0.6 is 0 Å². The molecule has 162 valence electrons. The van der Waals surface area contributed by atoms with E-state index in [-0.39, 0.29) is 19.8 Å². The van der Waals surface area contributed by atoms with Crippen LogP contribution in [0.1, 0.15) is 6.23 Å². The fraction of sp³-hybridized carbons (Fsp3) is 0.600. The van der Waals surface area contributed by atoms with Gasteiger partial charge in [0.2, 0.25) is 5.91 Å². The first-order valence-corrected chi connectivity index (χ1v) is 8.57. The molecule has 0 aromatic carbocycles. The van der Waals surface area contributed by atoms with Crippen LogP contribution in [-0.4, -0.2) is 86.9 Å². The largest absolute Gasteiger partial charge is 0.480 e. The summed E-state index contributed by atoms with van der Waals surface area (Å²) >= 11 is 0. The van der Waals surface area contributed by atoms with Crippen molar-refractivity contribution < 1.29 is 34.4 Å². The van der Waals surface area contributed by atoms with Crippen LogP contribution in [0.25, 0.3) is 0 Å². The number of ether oxygens (including phenoxy) is 2. The van der Waals surface area contributed by atoms with Gasteiger partial charge in [-0.3, -0.25) is 19.1 Å². The van der Waals surface area contributed by atoms with Gasteiger partial charge in [-0.2, -0.15) is 0 Å². The number of aromatic nitrogens is 2. The highest BCUT2D eigenvalue weighted by Crippen LogP contribution is 2.30. The normalized spacial score (nSPS) is 26.1. The van der Waals surface area contributed by atoms with Gasteiger partial charge in [-0.15, -0.1) is 0 Å². The quantitative estimate of drug-likeness (QED) is 0.188. The van der Waals surface area contributed by atoms with Gasteiger partial charge in [0.1, 0.15) is 24.4 Å². The summed E-state index contributed by atoms with van der Waals surface area (Å²) in [5.41, 5.74) is 9.23. The molecule has 1 aliphatic rings. The van der Waals surface area contributed by atoms with Crippen molar-refractivity contribution in [2.24, 2.45) is 11.5 Å². The molecule has 1 aromatic rings. The number of carbonyl (C=O) groups excluding carboxylic acids is 1. The van der Waals surface area contributed by atoms with Crippen LogP contribution < -0.4 is 28.0 Å². The topological polar surface area (TPSA) is 232 Å². The second-order valence-electron chi connectivity index (χ2n) is 6.28. The van der Waals surface area contributed by atoms with Gasteiger partial charge in [0.25, 0.3) is 5.56 Å². The molecule has 0 unspecified atom stereocenters. The third-order valence-corrected chi connectivity index (χ3v) is 4.19. The smallest absolute Gasteiger partial charge is 0.330 e. The van der Waals surface area contributed by atoms with Crippen molar-refractivity contribution in [1.82, 2.24) is 14.9 Å². The number of hydrogen-bond donors (Lipinski definition) is 7. The maximum atomic E-state index is 12.1. The van der Waals surface area contributed by atoms with Crippen molar-refractivity contribution in [3.8, 4) is 0 Å². The first-order valence-electron chi connectivity index (χ1n) is 8.57. The standard InChI is InChI=1S/C15H23N5O9/c16-2-4-28-5-6(17)12(24)19-8(14(25)26)11-9(22)10(23)13(29-11)20-3-1-7(21)18-15(20)27/h1,3,6,8-11,13,22-23H,2,4-5,16-17H2,(H,19,24)(H,25,26)(H,18,21,27)/t6-,8-,9-,10+,11+,13+/m0/s1. The Balaban J connectivity index is 2.16. The Morgan fingerprint density at radius 1 is 1.34 bits per heavy atom. The number of nitrogens with two attached hydrogens (primary N) is 2. The molecule has 9 N–H and O–H groups in total. The molecule has 2 heterocycles. The molecule has 0 bridgehead atoms. The number of H-pyrrole nitrogens is 1. The minimum atomic E-state index is -1.80. The van der Waals surface area contributed by atoms with E-state index < -0.39 is 59.7 Å². The molecule has 1 amide bonds. The third-order valence-electron chi connectivity index (χ3n) is 4.19. The van der Waals surface area contributed by atoms with Crippen LogP contribution in [0.3, 0.4) is 0 Å². The molecule has 0 radical (unpaired) electrons. The summed E-state index contributed by atoms with van der Waals surface area (Å²) in [4.78, 5) is 48.8. The van der Waals surface area contributed by atoms with Crippen molar-refractivity contribution in [2.75, 3.05) is 19.8 Å². The zero-order valence-electron chi connectivity index (χ0n) is 15.1. The number of carbonyl (C=O) groups is 2. The van der Waals surface area contributed by atoms with E-state index in [0.29, 0.717) is 0 Å². The highest BCUT2D eigenvalue weighted by Gasteiger charge is 2.50. The number of nitrogens with one attached hydrogen (secondary N) is 2. The van der Waals surface area contributed by atoms with E-state index in [2.05, 4.69) is 5.32 Å². The lowest BCUT2D eigenvalue weighted by molar-refractivity contribution is -0.149. The molecule has 1 aliphatic heterocycles. The number of aliphatic hydroxyl groups is 2. The summed E-state index contributed by atoms with van der Waals surface area (Å²) < 4.78 is 11.2. The van der Waals surface area contributed by atoms with Crippen LogP contribution in [0.2, 0.25) is 0 Å². The molecule has 1 saturated heterocycles. The molecule has 1 aromatic heterocycles. The van der Waals surface area contributed by atoms with Gasteiger partial charge in [-0.1, -0.05) is 0 Å². The van der Waals surface area contributed by atoms with E-state index in [9.17, 15) is 34.5 Å². The summed E-state index contributed by atoms with van der Waals surface area (Å²) in [6.45, 7) is 0.134. The third kappa shape index (κ3) is 5.26. The number of carboxylic acids is 1. The summed E-state index contributed by atoms with van der Waals surface area (Å²) in [6, 6.07) is -2.03. The fourth-order valence-electron chi connectivity index (χ4n) is 2.73. The predicted molar refractivity (Wildman–Crippen MR) is 94.7 cm³/mol. The molecule has 29 heavy (non-hydrogen) atoms. The minimum Gasteiger partial charge on any atom is -0.480 e. The number of aromatic amines is 1. The lowest BCUT2D eigenvalue weighted by atomic mass is 10.0. The second-order valence-corrected chi connectivity index (χ2v) is 6.28. The number of aliphatic carboxylic acids is 1. The van der Waals surface area contributed by atoms with E-state index in [0.717, 1.165) is 16.8 Å². The van der Waals surface area contributed by atoms with Gasteiger partial charge in [0.15, 0.2) is 12.3 Å². The minimum absolute atomic E-state index is 0.148. The van der Waals surface area contributed by atoms with Crippen LogP contribution in [0, 0.1) is 0 Å². The van der Waals surface area contributed by atoms with Crippen molar-refractivity contribution in [1.29, 1.82) is 0 Å². The lowest BCUT2D eigenvalue weighted by Gasteiger charge is -2.24. The average Bonchev–Trinajstić information content (AvgIpc) is 2.94. The summed E-state index contributed by atoms with van der Waals surface area (Å²) in [7, 11) is 0. The van der Waals surface area contributed by atoms with E-state index in [1.807, 2.05) is 4.98 Å². The Bertz CT molecular complexity index is 840. The first-order chi connectivity index (χ1) is 13.7. The molecule has 14 heteroatoms. The Labute approximate surface area is 163 Å². The lowest BCUT2D eigenvalue weighted by Crippen LogP contribution is -2.57. The van der Waals surface area contributed by atoms with Gasteiger partial charge in [0, 0.05) is 18.8 Å². The van der Waals surface area contributed by atoms with Crippen LogP contribution in [0.15, 0.2) is 21.9 Å². The van der Waals surface area contributed by atoms with E-state index in [4.69, 9.17) is 20.9 Å². The SMILES string of the molecule is NCCOC[C@H](N)C(=O)N[C@H](C(=O)O)[C@H]1O[C@@H](n2ccc(=O)[nH]c2=O)[C@H](O)[C@@H]1O. The first kappa shape index (κ1) is 22.7. The fourth-order valence-corrected chi connectivity index (χ4v) is 2.73. The molecule has 6 atom stereocenters. The Morgan fingerprint density at radius 3 is 2.62 bits per heavy atom. The Kier molecular flexibility index (Phi) is 7.60. The molecular formula is C15H23N5O9. The van der Waals surface area contributed by atoms with Crippen molar-refractivity contribution >= 4 is 11.9 Å². The van der Waals surface area contributed by atoms with Crippen molar-refractivity contribution in [3.63, 3.8) is 0 Å². The number of amides is 1. The second kappa shape index (κ2) is 9.73.